The molecule has 1 N–H and O–H groups in total. The van der Waals surface area contributed by atoms with E-state index in [4.69, 9.17) is 11.6 Å². The molecule has 0 saturated carbocycles. The largest absolute Gasteiger partial charge is 0.323 e. The van der Waals surface area contributed by atoms with Crippen molar-refractivity contribution in [1.29, 1.82) is 0 Å². The molecule has 0 radical (unpaired) electrons. The Morgan fingerprint density at radius 2 is 1.75 bits per heavy atom. The van der Waals surface area contributed by atoms with Crippen LogP contribution in [0.4, 0.5) is 5.69 Å². The first-order valence-electron chi connectivity index (χ1n) is 5.87. The number of para-hydroxylation sites is 1. The van der Waals surface area contributed by atoms with Gasteiger partial charge in [0.15, 0.2) is 5.78 Å². The fourth-order valence-corrected chi connectivity index (χ4v) is 2.12. The summed E-state index contributed by atoms with van der Waals surface area (Å²) >= 11 is 9.14. The summed E-state index contributed by atoms with van der Waals surface area (Å²) in [5.41, 5.74) is 1.26. The first kappa shape index (κ1) is 14.8. The normalized spacial score (nSPS) is 10.1. The molecule has 2 aromatic carbocycles. The Balaban J connectivity index is 2.44. The lowest BCUT2D eigenvalue weighted by atomic mass is 10.0. The number of carbonyl (C=O) groups is 2. The van der Waals surface area contributed by atoms with Crippen LogP contribution in [0.1, 0.15) is 15.9 Å². The fraction of sp³-hybridized carbons (Fsp3) is 0.0667. The summed E-state index contributed by atoms with van der Waals surface area (Å²) in [4.78, 5) is 24.0. The summed E-state index contributed by atoms with van der Waals surface area (Å²) < 4.78 is 0. The van der Waals surface area contributed by atoms with E-state index in [0.717, 1.165) is 0 Å². The molecule has 20 heavy (non-hydrogen) atoms. The molecule has 0 saturated heterocycles. The fourth-order valence-electron chi connectivity index (χ4n) is 1.76. The van der Waals surface area contributed by atoms with Gasteiger partial charge in [0.05, 0.1) is 16.0 Å². The molecular weight excluding hydrogens is 342 g/mol. The minimum Gasteiger partial charge on any atom is -0.323 e. The van der Waals surface area contributed by atoms with Gasteiger partial charge in [-0.05, 0) is 12.1 Å². The maximum absolute atomic E-state index is 12.5. The number of ketones is 1. The van der Waals surface area contributed by atoms with Crippen LogP contribution in [0.15, 0.2) is 48.5 Å². The summed E-state index contributed by atoms with van der Waals surface area (Å²) in [5, 5.41) is 3.11. The van der Waals surface area contributed by atoms with Crippen LogP contribution in [0.25, 0.3) is 0 Å². The Labute approximate surface area is 130 Å². The van der Waals surface area contributed by atoms with Crippen molar-refractivity contribution in [3.05, 3.63) is 64.7 Å². The first-order chi connectivity index (χ1) is 9.63. The third kappa shape index (κ3) is 3.26. The Hall–Kier alpha value is -1.65. The predicted molar refractivity (Wildman–Crippen MR) is 83.8 cm³/mol. The van der Waals surface area contributed by atoms with E-state index in [0.29, 0.717) is 21.8 Å². The van der Waals surface area contributed by atoms with Gasteiger partial charge in [-0.15, -0.1) is 0 Å². The zero-order chi connectivity index (χ0) is 14.5. The number of hydrogen-bond donors (Lipinski definition) is 1. The van der Waals surface area contributed by atoms with Gasteiger partial charge in [0.1, 0.15) is 0 Å². The number of alkyl halides is 1. The van der Waals surface area contributed by atoms with Gasteiger partial charge in [0.2, 0.25) is 5.91 Å². The number of amides is 1. The zero-order valence-corrected chi connectivity index (χ0v) is 12.7. The molecule has 3 nitrogen and oxygen atoms in total. The Kier molecular flexibility index (Phi) is 4.93. The Morgan fingerprint density at radius 1 is 1.05 bits per heavy atom. The monoisotopic (exact) mass is 351 g/mol. The molecule has 102 valence electrons. The number of benzene rings is 2. The van der Waals surface area contributed by atoms with Gasteiger partial charge in [0, 0.05) is 11.1 Å². The van der Waals surface area contributed by atoms with Crippen molar-refractivity contribution < 1.29 is 9.59 Å². The van der Waals surface area contributed by atoms with E-state index < -0.39 is 0 Å². The molecule has 0 spiro atoms. The Bertz CT molecular complexity index is 644. The molecule has 1 amide bonds. The highest BCUT2D eigenvalue weighted by Gasteiger charge is 2.17. The minimum absolute atomic E-state index is 0.136. The first-order valence-corrected chi connectivity index (χ1v) is 7.37. The van der Waals surface area contributed by atoms with E-state index in [1.165, 1.54) is 0 Å². The van der Waals surface area contributed by atoms with Gasteiger partial charge in [0.25, 0.3) is 0 Å². The van der Waals surface area contributed by atoms with Gasteiger partial charge in [-0.3, -0.25) is 9.59 Å². The van der Waals surface area contributed by atoms with Crippen LogP contribution < -0.4 is 5.32 Å². The average Bonchev–Trinajstić information content (AvgIpc) is 2.49. The molecule has 0 aliphatic carbocycles. The molecule has 2 aromatic rings. The molecule has 0 fully saturated rings. The summed E-state index contributed by atoms with van der Waals surface area (Å²) in [6, 6.07) is 13.8. The van der Waals surface area contributed by atoms with Crippen molar-refractivity contribution in [2.24, 2.45) is 0 Å². The van der Waals surface area contributed by atoms with Crippen LogP contribution >= 0.6 is 27.5 Å². The topological polar surface area (TPSA) is 46.2 Å². The number of hydrogen-bond acceptors (Lipinski definition) is 2. The lowest BCUT2D eigenvalue weighted by Crippen LogP contribution is -2.16. The number of halogens is 2. The molecule has 2 rings (SSSR count). The number of rotatable bonds is 4. The summed E-state index contributed by atoms with van der Waals surface area (Å²) in [6.45, 7) is 0. The minimum atomic E-state index is -0.264. The standard InChI is InChI=1S/C15H11BrClNO2/c16-9-13(19)18-14-11(7-4-8-12(14)17)15(20)10-5-2-1-3-6-10/h1-8H,9H2,(H,18,19). The quantitative estimate of drug-likeness (QED) is 0.670. The highest BCUT2D eigenvalue weighted by Crippen LogP contribution is 2.28. The van der Waals surface area contributed by atoms with Crippen molar-refractivity contribution >= 4 is 44.9 Å². The van der Waals surface area contributed by atoms with Crippen molar-refractivity contribution in [3.63, 3.8) is 0 Å². The molecule has 0 aliphatic rings. The molecule has 0 aromatic heterocycles. The van der Waals surface area contributed by atoms with Crippen LogP contribution in [0.5, 0.6) is 0 Å². The van der Waals surface area contributed by atoms with Crippen molar-refractivity contribution in [1.82, 2.24) is 0 Å². The Morgan fingerprint density at radius 3 is 2.40 bits per heavy atom. The van der Waals surface area contributed by atoms with Crippen molar-refractivity contribution in [2.45, 2.75) is 0 Å². The second kappa shape index (κ2) is 6.68. The van der Waals surface area contributed by atoms with E-state index >= 15 is 0 Å². The van der Waals surface area contributed by atoms with Crippen molar-refractivity contribution in [2.75, 3.05) is 10.6 Å². The van der Waals surface area contributed by atoms with E-state index in [9.17, 15) is 9.59 Å². The van der Waals surface area contributed by atoms with Gasteiger partial charge in [-0.1, -0.05) is 63.9 Å². The lowest BCUT2D eigenvalue weighted by molar-refractivity contribution is -0.113. The van der Waals surface area contributed by atoms with Crippen molar-refractivity contribution in [3.8, 4) is 0 Å². The van der Waals surface area contributed by atoms with E-state index in [2.05, 4.69) is 21.2 Å². The molecule has 5 heteroatoms. The van der Waals surface area contributed by atoms with Gasteiger partial charge >= 0.3 is 0 Å². The summed E-state index contributed by atoms with van der Waals surface area (Å²) in [7, 11) is 0. The zero-order valence-electron chi connectivity index (χ0n) is 10.4. The van der Waals surface area contributed by atoms with Crippen LogP contribution in [-0.2, 0) is 4.79 Å². The average molecular weight is 353 g/mol. The smallest absolute Gasteiger partial charge is 0.235 e. The van der Waals surface area contributed by atoms with Gasteiger partial charge < -0.3 is 5.32 Å². The van der Waals surface area contributed by atoms with E-state index in [1.54, 1.807) is 42.5 Å². The van der Waals surface area contributed by atoms with Crippen LogP contribution in [0.2, 0.25) is 5.02 Å². The van der Waals surface area contributed by atoms with Gasteiger partial charge in [-0.25, -0.2) is 0 Å². The third-order valence-electron chi connectivity index (χ3n) is 2.68. The number of nitrogens with one attached hydrogen (secondary N) is 1. The number of anilines is 1. The molecule has 0 heterocycles. The molecule has 0 atom stereocenters. The summed E-state index contributed by atoms with van der Waals surface area (Å²) in [5.74, 6) is -0.446. The molecule has 0 aliphatic heterocycles. The molecular formula is C15H11BrClNO2. The second-order valence-corrected chi connectivity index (χ2v) is 5.01. The van der Waals surface area contributed by atoms with Crippen LogP contribution in [0, 0.1) is 0 Å². The maximum atomic E-state index is 12.5. The number of carbonyl (C=O) groups excluding carboxylic acids is 2. The highest BCUT2D eigenvalue weighted by molar-refractivity contribution is 9.09. The lowest BCUT2D eigenvalue weighted by Gasteiger charge is -2.11. The van der Waals surface area contributed by atoms with Crippen LogP contribution in [-0.4, -0.2) is 17.0 Å². The van der Waals surface area contributed by atoms with Gasteiger partial charge in [-0.2, -0.15) is 0 Å². The van der Waals surface area contributed by atoms with E-state index in [-0.39, 0.29) is 17.0 Å². The maximum Gasteiger partial charge on any atom is 0.235 e. The molecule has 0 bridgehead atoms. The van der Waals surface area contributed by atoms with E-state index in [1.807, 2.05) is 6.07 Å². The molecule has 0 unspecified atom stereocenters. The predicted octanol–water partition coefficient (Wildman–Crippen LogP) is 3.90. The third-order valence-corrected chi connectivity index (χ3v) is 3.50. The second-order valence-electron chi connectivity index (χ2n) is 4.04. The summed E-state index contributed by atoms with van der Waals surface area (Å²) in [6.07, 6.45) is 0. The van der Waals surface area contributed by atoms with Crippen LogP contribution in [0.3, 0.4) is 0 Å². The highest BCUT2D eigenvalue weighted by atomic mass is 79.9. The SMILES string of the molecule is O=C(CBr)Nc1c(Cl)cccc1C(=O)c1ccccc1.